The number of carbonyl (C=O) groups excluding carboxylic acids is 1. The lowest BCUT2D eigenvalue weighted by molar-refractivity contribution is 0.0932. The van der Waals surface area contributed by atoms with Crippen LogP contribution in [-0.4, -0.2) is 20.4 Å². The number of hydrogen-bond donors (Lipinski definition) is 2. The van der Waals surface area contributed by atoms with E-state index in [0.29, 0.717) is 18.9 Å². The highest BCUT2D eigenvalue weighted by Gasteiger charge is 2.18. The Morgan fingerprint density at radius 1 is 1.55 bits per heavy atom. The third-order valence-corrected chi connectivity index (χ3v) is 3.62. The van der Waals surface area contributed by atoms with E-state index in [2.05, 4.69) is 11.2 Å². The Kier molecular flexibility index (Phi) is 5.25. The molecular weight excluding hydrogens is 283 g/mol. The maximum atomic E-state index is 13.7. The van der Waals surface area contributed by atoms with Gasteiger partial charge < -0.3 is 5.32 Å². The molecule has 0 aromatic heterocycles. The third-order valence-electron chi connectivity index (χ3n) is 2.71. The van der Waals surface area contributed by atoms with E-state index in [9.17, 15) is 17.6 Å². The average molecular weight is 298 g/mol. The van der Waals surface area contributed by atoms with E-state index in [4.69, 9.17) is 11.6 Å². The van der Waals surface area contributed by atoms with E-state index in [-0.39, 0.29) is 16.5 Å². The zero-order valence-electron chi connectivity index (χ0n) is 10.9. The lowest BCUT2D eigenvalue weighted by atomic mass is 10.1. The normalized spacial score (nSPS) is 12.5. The molecule has 1 atom stereocenters. The van der Waals surface area contributed by atoms with Gasteiger partial charge in [-0.05, 0) is 24.6 Å². The Labute approximate surface area is 117 Å². The van der Waals surface area contributed by atoms with Gasteiger partial charge >= 0.3 is 0 Å². The van der Waals surface area contributed by atoms with Crippen molar-refractivity contribution in [1.82, 2.24) is 5.32 Å². The van der Waals surface area contributed by atoms with Gasteiger partial charge in [-0.25, -0.2) is 17.9 Å². The van der Waals surface area contributed by atoms with Gasteiger partial charge in [-0.15, -0.1) is 12.3 Å². The van der Waals surface area contributed by atoms with Crippen molar-refractivity contribution in [3.63, 3.8) is 0 Å². The van der Waals surface area contributed by atoms with Crippen molar-refractivity contribution in [2.75, 3.05) is 0 Å². The van der Waals surface area contributed by atoms with Crippen LogP contribution in [0.25, 0.3) is 0 Å². The van der Waals surface area contributed by atoms with Crippen molar-refractivity contribution in [2.45, 2.75) is 30.7 Å². The highest BCUT2D eigenvalue weighted by atomic mass is 32.2. The van der Waals surface area contributed by atoms with Gasteiger partial charge in [-0.2, -0.15) is 0 Å². The molecule has 0 bridgehead atoms. The SMILES string of the molecule is C#CCC(CC)NC(=O)c1ccc(S(N)(=O)=O)cc1F. The van der Waals surface area contributed by atoms with E-state index in [0.717, 1.165) is 12.1 Å². The number of hydrogen-bond acceptors (Lipinski definition) is 3. The van der Waals surface area contributed by atoms with Crippen LogP contribution < -0.4 is 10.5 Å². The fourth-order valence-corrected chi connectivity index (χ4v) is 2.09. The molecule has 108 valence electrons. The van der Waals surface area contributed by atoms with Crippen molar-refractivity contribution in [2.24, 2.45) is 5.14 Å². The van der Waals surface area contributed by atoms with E-state index >= 15 is 0 Å². The van der Waals surface area contributed by atoms with Crippen LogP contribution in [0, 0.1) is 18.2 Å². The smallest absolute Gasteiger partial charge is 0.254 e. The van der Waals surface area contributed by atoms with Gasteiger partial charge in [-0.1, -0.05) is 6.92 Å². The maximum Gasteiger partial charge on any atom is 0.254 e. The summed E-state index contributed by atoms with van der Waals surface area (Å²) >= 11 is 0. The van der Waals surface area contributed by atoms with E-state index < -0.39 is 21.7 Å². The number of halogens is 1. The van der Waals surface area contributed by atoms with Crippen molar-refractivity contribution in [1.29, 1.82) is 0 Å². The summed E-state index contributed by atoms with van der Waals surface area (Å²) in [5, 5.41) is 7.46. The number of primary sulfonamides is 1. The van der Waals surface area contributed by atoms with Gasteiger partial charge in [0.2, 0.25) is 10.0 Å². The largest absolute Gasteiger partial charge is 0.348 e. The minimum atomic E-state index is -4.00. The summed E-state index contributed by atoms with van der Waals surface area (Å²) in [6.45, 7) is 1.84. The van der Waals surface area contributed by atoms with Crippen molar-refractivity contribution in [3.05, 3.63) is 29.6 Å². The molecule has 1 aromatic rings. The lowest BCUT2D eigenvalue weighted by Crippen LogP contribution is -2.34. The Morgan fingerprint density at radius 2 is 2.20 bits per heavy atom. The van der Waals surface area contributed by atoms with Crippen LogP contribution >= 0.6 is 0 Å². The van der Waals surface area contributed by atoms with Gasteiger partial charge in [0, 0.05) is 12.5 Å². The Balaban J connectivity index is 2.98. The minimum absolute atomic E-state index is 0.257. The van der Waals surface area contributed by atoms with Gasteiger partial charge in [0.05, 0.1) is 10.5 Å². The van der Waals surface area contributed by atoms with E-state index in [1.165, 1.54) is 0 Å². The molecular formula is C13H15FN2O3S. The molecule has 1 unspecified atom stereocenters. The molecule has 0 spiro atoms. The molecule has 3 N–H and O–H groups in total. The first-order chi connectivity index (χ1) is 9.29. The number of amides is 1. The number of nitrogens with one attached hydrogen (secondary N) is 1. The van der Waals surface area contributed by atoms with Crippen LogP contribution in [-0.2, 0) is 10.0 Å². The van der Waals surface area contributed by atoms with Crippen LogP contribution in [0.4, 0.5) is 4.39 Å². The van der Waals surface area contributed by atoms with Crippen LogP contribution in [0.15, 0.2) is 23.1 Å². The molecule has 0 saturated heterocycles. The summed E-state index contributed by atoms with van der Waals surface area (Å²) in [4.78, 5) is 11.5. The highest BCUT2D eigenvalue weighted by Crippen LogP contribution is 2.14. The molecule has 0 aliphatic heterocycles. The van der Waals surface area contributed by atoms with Crippen molar-refractivity contribution in [3.8, 4) is 12.3 Å². The molecule has 0 aliphatic rings. The molecule has 20 heavy (non-hydrogen) atoms. The van der Waals surface area contributed by atoms with Crippen LogP contribution in [0.5, 0.6) is 0 Å². The number of nitrogens with two attached hydrogens (primary N) is 1. The summed E-state index contributed by atoms with van der Waals surface area (Å²) < 4.78 is 35.9. The lowest BCUT2D eigenvalue weighted by Gasteiger charge is -2.14. The number of carbonyl (C=O) groups is 1. The quantitative estimate of drug-likeness (QED) is 0.795. The Hall–Kier alpha value is -1.91. The van der Waals surface area contributed by atoms with E-state index in [1.54, 1.807) is 0 Å². The first-order valence-electron chi connectivity index (χ1n) is 5.86. The topological polar surface area (TPSA) is 89.3 Å². The second-order valence-electron chi connectivity index (χ2n) is 4.17. The number of sulfonamides is 1. The molecule has 0 aliphatic carbocycles. The van der Waals surface area contributed by atoms with Gasteiger partial charge in [-0.3, -0.25) is 4.79 Å². The Bertz CT molecular complexity index is 650. The first kappa shape index (κ1) is 16.1. The molecule has 1 rings (SSSR count). The summed E-state index contributed by atoms with van der Waals surface area (Å²) in [6.07, 6.45) is 6.10. The minimum Gasteiger partial charge on any atom is -0.348 e. The van der Waals surface area contributed by atoms with Gasteiger partial charge in [0.25, 0.3) is 5.91 Å². The fraction of sp³-hybridized carbons (Fsp3) is 0.308. The Morgan fingerprint density at radius 3 is 2.65 bits per heavy atom. The zero-order chi connectivity index (χ0) is 15.3. The summed E-state index contributed by atoms with van der Waals surface area (Å²) in [7, 11) is -4.00. The number of terminal acetylenes is 1. The third kappa shape index (κ3) is 4.05. The molecule has 0 heterocycles. The molecule has 7 heteroatoms. The van der Waals surface area contributed by atoms with Crippen LogP contribution in [0.3, 0.4) is 0 Å². The highest BCUT2D eigenvalue weighted by molar-refractivity contribution is 7.89. The molecule has 1 aromatic carbocycles. The second kappa shape index (κ2) is 6.50. The molecule has 0 saturated carbocycles. The van der Waals surface area contributed by atoms with Gasteiger partial charge in [0.1, 0.15) is 5.82 Å². The predicted octanol–water partition coefficient (Wildman–Crippen LogP) is 1.00. The second-order valence-corrected chi connectivity index (χ2v) is 5.73. The predicted molar refractivity (Wildman–Crippen MR) is 72.8 cm³/mol. The van der Waals surface area contributed by atoms with E-state index in [1.807, 2.05) is 6.92 Å². The molecule has 0 fully saturated rings. The van der Waals surface area contributed by atoms with Crippen LogP contribution in [0.1, 0.15) is 30.1 Å². The number of benzene rings is 1. The molecule has 0 radical (unpaired) electrons. The van der Waals surface area contributed by atoms with Crippen molar-refractivity contribution >= 4 is 15.9 Å². The number of rotatable bonds is 5. The molecule has 1 amide bonds. The summed E-state index contributed by atoms with van der Waals surface area (Å²) in [5.74, 6) is 0.813. The zero-order valence-corrected chi connectivity index (χ0v) is 11.7. The maximum absolute atomic E-state index is 13.7. The van der Waals surface area contributed by atoms with Crippen LogP contribution in [0.2, 0.25) is 0 Å². The average Bonchev–Trinajstić information content (AvgIpc) is 2.36. The van der Waals surface area contributed by atoms with Crippen molar-refractivity contribution < 1.29 is 17.6 Å². The standard InChI is InChI=1S/C13H15FN2O3S/c1-3-5-9(4-2)16-13(17)11-7-6-10(8-12(11)14)20(15,18)19/h1,6-9H,4-5H2,2H3,(H,16,17)(H2,15,18,19). The fourth-order valence-electron chi connectivity index (χ4n) is 1.56. The van der Waals surface area contributed by atoms with Gasteiger partial charge in [0.15, 0.2) is 0 Å². The summed E-state index contributed by atoms with van der Waals surface area (Å²) in [5.41, 5.74) is -0.257. The monoisotopic (exact) mass is 298 g/mol. The molecule has 5 nitrogen and oxygen atoms in total. The summed E-state index contributed by atoms with van der Waals surface area (Å²) in [6, 6.07) is 2.61. The first-order valence-corrected chi connectivity index (χ1v) is 7.41.